The average Bonchev–Trinajstić information content (AvgIpc) is 3.11. The molecular formula is C27H35N3O6. The molecule has 0 spiro atoms. The molecule has 0 saturated carbocycles. The van der Waals surface area contributed by atoms with Crippen LogP contribution in [-0.2, 0) is 26.3 Å². The molecule has 0 aromatic heterocycles. The summed E-state index contributed by atoms with van der Waals surface area (Å²) >= 11 is 0. The van der Waals surface area contributed by atoms with Gasteiger partial charge in [0.2, 0.25) is 17.7 Å². The molecule has 1 aliphatic heterocycles. The zero-order valence-corrected chi connectivity index (χ0v) is 21.9. The Labute approximate surface area is 212 Å². The first-order valence-electron chi connectivity index (χ1n) is 11.7. The van der Waals surface area contributed by atoms with Gasteiger partial charge in [0.05, 0.1) is 26.7 Å². The number of ether oxygens (including phenoxy) is 3. The number of nitrogens with zero attached hydrogens (tertiary/aromatic N) is 3. The summed E-state index contributed by atoms with van der Waals surface area (Å²) in [6.07, 6.45) is -0.199. The van der Waals surface area contributed by atoms with Crippen LogP contribution >= 0.6 is 0 Å². The number of benzene rings is 2. The van der Waals surface area contributed by atoms with E-state index in [9.17, 15) is 14.4 Å². The summed E-state index contributed by atoms with van der Waals surface area (Å²) in [6, 6.07) is 12.5. The molecule has 9 nitrogen and oxygen atoms in total. The van der Waals surface area contributed by atoms with E-state index in [4.69, 9.17) is 14.2 Å². The Balaban J connectivity index is 1.90. The maximum Gasteiger partial charge on any atom is 0.240 e. The lowest BCUT2D eigenvalue weighted by Crippen LogP contribution is -2.44. The lowest BCUT2D eigenvalue weighted by atomic mass is 9.75. The van der Waals surface area contributed by atoms with Crippen molar-refractivity contribution in [3.05, 3.63) is 53.6 Å². The van der Waals surface area contributed by atoms with E-state index < -0.39 is 5.41 Å². The third-order valence-corrected chi connectivity index (χ3v) is 6.55. The summed E-state index contributed by atoms with van der Waals surface area (Å²) < 4.78 is 16.0. The number of methoxy groups -OCH3 is 3. The molecule has 3 amide bonds. The molecule has 9 heteroatoms. The maximum atomic E-state index is 13.8. The van der Waals surface area contributed by atoms with E-state index in [1.807, 2.05) is 31.1 Å². The van der Waals surface area contributed by atoms with E-state index in [2.05, 4.69) is 0 Å². The largest absolute Gasteiger partial charge is 0.497 e. The summed E-state index contributed by atoms with van der Waals surface area (Å²) in [6.45, 7) is 1.12. The first-order valence-corrected chi connectivity index (χ1v) is 11.7. The zero-order valence-electron chi connectivity index (χ0n) is 21.9. The van der Waals surface area contributed by atoms with Gasteiger partial charge in [-0.2, -0.15) is 0 Å². The first-order chi connectivity index (χ1) is 17.1. The highest BCUT2D eigenvalue weighted by atomic mass is 16.5. The second-order valence-electron chi connectivity index (χ2n) is 9.26. The van der Waals surface area contributed by atoms with Gasteiger partial charge < -0.3 is 24.0 Å². The van der Waals surface area contributed by atoms with Gasteiger partial charge in [0.15, 0.2) is 11.5 Å². The molecule has 1 unspecified atom stereocenters. The van der Waals surface area contributed by atoms with E-state index in [1.54, 1.807) is 63.6 Å². The van der Waals surface area contributed by atoms with Crippen LogP contribution in [0.1, 0.15) is 24.0 Å². The third kappa shape index (κ3) is 5.62. The van der Waals surface area contributed by atoms with E-state index >= 15 is 0 Å². The summed E-state index contributed by atoms with van der Waals surface area (Å²) in [7, 11) is 10.1. The minimum atomic E-state index is -1.29. The monoisotopic (exact) mass is 497 g/mol. The fourth-order valence-electron chi connectivity index (χ4n) is 4.45. The van der Waals surface area contributed by atoms with Crippen LogP contribution in [0.5, 0.6) is 17.2 Å². The van der Waals surface area contributed by atoms with Crippen molar-refractivity contribution in [2.24, 2.45) is 0 Å². The van der Waals surface area contributed by atoms with Crippen molar-refractivity contribution in [2.45, 2.75) is 24.8 Å². The van der Waals surface area contributed by atoms with Crippen molar-refractivity contribution in [3.8, 4) is 17.2 Å². The van der Waals surface area contributed by atoms with Crippen molar-refractivity contribution >= 4 is 17.7 Å². The molecule has 2 aromatic carbocycles. The number of rotatable bonds is 11. The number of likely N-dealkylation sites (N-methyl/N-ethyl adjacent to an activating group) is 1. The van der Waals surface area contributed by atoms with Gasteiger partial charge in [-0.25, -0.2) is 0 Å². The van der Waals surface area contributed by atoms with Crippen LogP contribution in [0.25, 0.3) is 0 Å². The average molecular weight is 498 g/mol. The lowest BCUT2D eigenvalue weighted by Gasteiger charge is -2.30. The number of carbonyl (C=O) groups is 3. The molecule has 2 aromatic rings. The van der Waals surface area contributed by atoms with Crippen LogP contribution in [0, 0.1) is 0 Å². The molecule has 3 rings (SSSR count). The van der Waals surface area contributed by atoms with E-state index in [0.717, 1.165) is 5.56 Å². The first kappa shape index (κ1) is 27.0. The molecule has 1 aliphatic rings. The molecule has 1 heterocycles. The van der Waals surface area contributed by atoms with Crippen molar-refractivity contribution in [2.75, 3.05) is 55.6 Å². The summed E-state index contributed by atoms with van der Waals surface area (Å²) in [5.74, 6) is 0.848. The van der Waals surface area contributed by atoms with Crippen molar-refractivity contribution < 1.29 is 28.6 Å². The summed E-state index contributed by atoms with van der Waals surface area (Å²) in [4.78, 5) is 45.0. The Bertz CT molecular complexity index is 1120. The predicted molar refractivity (Wildman–Crippen MR) is 135 cm³/mol. The minimum Gasteiger partial charge on any atom is -0.497 e. The fraction of sp³-hybridized carbons (Fsp3) is 0.444. The van der Waals surface area contributed by atoms with Crippen LogP contribution in [0.4, 0.5) is 0 Å². The molecule has 0 N–H and O–H groups in total. The molecular weight excluding hydrogens is 462 g/mol. The van der Waals surface area contributed by atoms with Gasteiger partial charge in [0.1, 0.15) is 5.75 Å². The van der Waals surface area contributed by atoms with E-state index in [0.29, 0.717) is 35.9 Å². The Kier molecular flexibility index (Phi) is 8.57. The van der Waals surface area contributed by atoms with Crippen LogP contribution in [0.3, 0.4) is 0 Å². The Hall–Kier alpha value is -3.59. The van der Waals surface area contributed by atoms with Crippen molar-refractivity contribution in [3.63, 3.8) is 0 Å². The van der Waals surface area contributed by atoms with Gasteiger partial charge in [-0.15, -0.1) is 0 Å². The second-order valence-corrected chi connectivity index (χ2v) is 9.26. The van der Waals surface area contributed by atoms with Gasteiger partial charge >= 0.3 is 0 Å². The highest BCUT2D eigenvalue weighted by molar-refractivity contribution is 6.10. The number of likely N-dealkylation sites (tertiary alicyclic amines) is 1. The van der Waals surface area contributed by atoms with Gasteiger partial charge in [-0.05, 0) is 49.5 Å². The minimum absolute atomic E-state index is 0.0671. The van der Waals surface area contributed by atoms with Gasteiger partial charge in [-0.3, -0.25) is 19.3 Å². The van der Waals surface area contributed by atoms with Crippen LogP contribution < -0.4 is 14.2 Å². The fourth-order valence-corrected chi connectivity index (χ4v) is 4.45. The standard InChI is InChI=1S/C27H35N3O6/c1-28(2)12-13-30-25(32)17-27(26(30)33,20-8-7-9-21(15-20)34-4)16-24(31)29(3)18-19-10-11-22(35-5)23(14-19)36-6/h7-11,14-15H,12-13,16-18H2,1-6H3. The van der Waals surface area contributed by atoms with Gasteiger partial charge in [0, 0.05) is 39.5 Å². The number of hydrogen-bond acceptors (Lipinski definition) is 7. The Morgan fingerprint density at radius 1 is 0.972 bits per heavy atom. The summed E-state index contributed by atoms with van der Waals surface area (Å²) in [5.41, 5.74) is 0.154. The van der Waals surface area contributed by atoms with Crippen LogP contribution in [0.2, 0.25) is 0 Å². The second kappa shape index (κ2) is 11.4. The molecule has 36 heavy (non-hydrogen) atoms. The number of carbonyl (C=O) groups excluding carboxylic acids is 3. The maximum absolute atomic E-state index is 13.8. The normalized spacial score (nSPS) is 17.5. The quantitative estimate of drug-likeness (QED) is 0.440. The molecule has 0 radical (unpaired) electrons. The molecule has 194 valence electrons. The molecule has 1 fully saturated rings. The van der Waals surface area contributed by atoms with Crippen LogP contribution in [-0.4, -0.2) is 88.0 Å². The van der Waals surface area contributed by atoms with Crippen molar-refractivity contribution in [1.82, 2.24) is 14.7 Å². The molecule has 0 bridgehead atoms. The summed E-state index contributed by atoms with van der Waals surface area (Å²) in [5, 5.41) is 0. The Morgan fingerprint density at radius 3 is 2.33 bits per heavy atom. The molecule has 0 aliphatic carbocycles. The zero-order chi connectivity index (χ0) is 26.5. The molecule has 1 atom stereocenters. The predicted octanol–water partition coefficient (Wildman–Crippen LogP) is 2.32. The van der Waals surface area contributed by atoms with Crippen molar-refractivity contribution in [1.29, 1.82) is 0 Å². The number of imide groups is 1. The van der Waals surface area contributed by atoms with Gasteiger partial charge in [-0.1, -0.05) is 18.2 Å². The highest BCUT2D eigenvalue weighted by Crippen LogP contribution is 2.41. The van der Waals surface area contributed by atoms with Gasteiger partial charge in [0.25, 0.3) is 0 Å². The number of hydrogen-bond donors (Lipinski definition) is 0. The lowest BCUT2D eigenvalue weighted by molar-refractivity contribution is -0.142. The van der Waals surface area contributed by atoms with E-state index in [1.165, 1.54) is 4.90 Å². The third-order valence-electron chi connectivity index (χ3n) is 6.55. The smallest absolute Gasteiger partial charge is 0.240 e. The van der Waals surface area contributed by atoms with E-state index in [-0.39, 0.29) is 37.1 Å². The number of amides is 3. The topological polar surface area (TPSA) is 88.6 Å². The highest BCUT2D eigenvalue weighted by Gasteiger charge is 2.54. The molecule has 1 saturated heterocycles. The SMILES string of the molecule is COc1cccc(C2(CC(=O)N(C)Cc3ccc(OC)c(OC)c3)CC(=O)N(CCN(C)C)C2=O)c1. The van der Waals surface area contributed by atoms with Crippen LogP contribution in [0.15, 0.2) is 42.5 Å². The Morgan fingerprint density at radius 2 is 1.69 bits per heavy atom.